The van der Waals surface area contributed by atoms with Crippen molar-refractivity contribution in [2.24, 2.45) is 13.0 Å². The van der Waals surface area contributed by atoms with Crippen LogP contribution in [0.3, 0.4) is 0 Å². The Morgan fingerprint density at radius 3 is 2.56 bits per heavy atom. The Labute approximate surface area is 107 Å². The van der Waals surface area contributed by atoms with Crippen molar-refractivity contribution in [1.82, 2.24) is 9.78 Å². The quantitative estimate of drug-likeness (QED) is 0.607. The van der Waals surface area contributed by atoms with Gasteiger partial charge in [0.25, 0.3) is 0 Å². The van der Waals surface area contributed by atoms with Crippen molar-refractivity contribution in [3.05, 3.63) is 17.5 Å². The summed E-state index contributed by atoms with van der Waals surface area (Å²) >= 11 is 0. The molecule has 4 heteroatoms. The molecule has 0 bridgehead atoms. The fourth-order valence-corrected chi connectivity index (χ4v) is 2.70. The standard InChI is InChI=1S/C14H20N2O2/c1-10-12(9-16(2)15-10)14(18)8-13(17)11-6-4-3-5-7-11/h9,11H,3-8H2,1-2H3. The van der Waals surface area contributed by atoms with E-state index in [1.54, 1.807) is 24.9 Å². The van der Waals surface area contributed by atoms with Crippen molar-refractivity contribution in [2.75, 3.05) is 0 Å². The number of hydrogen-bond acceptors (Lipinski definition) is 3. The Morgan fingerprint density at radius 2 is 2.00 bits per heavy atom. The van der Waals surface area contributed by atoms with Gasteiger partial charge in [0.1, 0.15) is 5.78 Å². The molecule has 0 radical (unpaired) electrons. The van der Waals surface area contributed by atoms with Gasteiger partial charge in [0.2, 0.25) is 0 Å². The Bertz CT molecular complexity index is 456. The average Bonchev–Trinajstić information content (AvgIpc) is 2.69. The fraction of sp³-hybridized carbons (Fsp3) is 0.643. The minimum atomic E-state index is -0.0869. The molecule has 1 heterocycles. The number of aromatic nitrogens is 2. The first-order chi connectivity index (χ1) is 8.58. The first-order valence-corrected chi connectivity index (χ1v) is 6.64. The summed E-state index contributed by atoms with van der Waals surface area (Å²) in [6.45, 7) is 1.80. The number of carbonyl (C=O) groups is 2. The van der Waals surface area contributed by atoms with E-state index in [4.69, 9.17) is 0 Å². The molecule has 0 spiro atoms. The third-order valence-corrected chi connectivity index (χ3v) is 3.71. The first kappa shape index (κ1) is 13.0. The predicted molar refractivity (Wildman–Crippen MR) is 68.5 cm³/mol. The van der Waals surface area contributed by atoms with Gasteiger partial charge in [-0.25, -0.2) is 0 Å². The average molecular weight is 248 g/mol. The Hall–Kier alpha value is -1.45. The van der Waals surface area contributed by atoms with Gasteiger partial charge in [-0.1, -0.05) is 19.3 Å². The van der Waals surface area contributed by atoms with E-state index in [-0.39, 0.29) is 23.9 Å². The Kier molecular flexibility index (Phi) is 3.94. The Morgan fingerprint density at radius 1 is 1.33 bits per heavy atom. The zero-order valence-electron chi connectivity index (χ0n) is 11.1. The molecular weight excluding hydrogens is 228 g/mol. The third kappa shape index (κ3) is 2.86. The zero-order chi connectivity index (χ0) is 13.1. The molecule has 98 valence electrons. The summed E-state index contributed by atoms with van der Waals surface area (Å²) in [5.74, 6) is 0.138. The van der Waals surface area contributed by atoms with Crippen molar-refractivity contribution < 1.29 is 9.59 Å². The second-order valence-corrected chi connectivity index (χ2v) is 5.20. The van der Waals surface area contributed by atoms with Gasteiger partial charge in [-0.2, -0.15) is 5.10 Å². The highest BCUT2D eigenvalue weighted by atomic mass is 16.1. The number of ketones is 2. The number of rotatable bonds is 4. The largest absolute Gasteiger partial charge is 0.299 e. The molecule has 4 nitrogen and oxygen atoms in total. The maximum atomic E-state index is 12.1. The van der Waals surface area contributed by atoms with Crippen molar-refractivity contribution in [3.63, 3.8) is 0 Å². The van der Waals surface area contributed by atoms with E-state index in [1.807, 2.05) is 0 Å². The molecule has 0 aromatic carbocycles. The van der Waals surface area contributed by atoms with Gasteiger partial charge in [0, 0.05) is 19.2 Å². The molecule has 18 heavy (non-hydrogen) atoms. The second kappa shape index (κ2) is 5.46. The van der Waals surface area contributed by atoms with Gasteiger partial charge >= 0.3 is 0 Å². The number of nitrogens with zero attached hydrogens (tertiary/aromatic N) is 2. The highest BCUT2D eigenvalue weighted by Gasteiger charge is 2.24. The van der Waals surface area contributed by atoms with Crippen LogP contribution in [-0.4, -0.2) is 21.3 Å². The molecule has 1 saturated carbocycles. The van der Waals surface area contributed by atoms with E-state index in [9.17, 15) is 9.59 Å². The number of Topliss-reactive ketones (excluding diaryl/α,β-unsaturated/α-hetero) is 2. The van der Waals surface area contributed by atoms with E-state index in [0.717, 1.165) is 25.7 Å². The predicted octanol–water partition coefficient (Wildman–Crippen LogP) is 2.45. The first-order valence-electron chi connectivity index (χ1n) is 6.64. The smallest absolute Gasteiger partial charge is 0.173 e. The SMILES string of the molecule is Cc1nn(C)cc1C(=O)CC(=O)C1CCCCC1. The van der Waals surface area contributed by atoms with E-state index < -0.39 is 0 Å². The molecule has 1 aliphatic rings. The molecule has 1 aliphatic carbocycles. The lowest BCUT2D eigenvalue weighted by atomic mass is 9.84. The van der Waals surface area contributed by atoms with Crippen LogP contribution in [0, 0.1) is 12.8 Å². The molecule has 1 aromatic rings. The lowest BCUT2D eigenvalue weighted by molar-refractivity contribution is -0.122. The minimum Gasteiger partial charge on any atom is -0.299 e. The summed E-state index contributed by atoms with van der Waals surface area (Å²) in [7, 11) is 1.78. The lowest BCUT2D eigenvalue weighted by Gasteiger charge is -2.19. The van der Waals surface area contributed by atoms with Gasteiger partial charge in [-0.05, 0) is 19.8 Å². The molecule has 1 aromatic heterocycles. The number of aryl methyl sites for hydroxylation is 2. The van der Waals surface area contributed by atoms with Gasteiger partial charge in [0.05, 0.1) is 17.7 Å². The molecule has 0 amide bonds. The second-order valence-electron chi connectivity index (χ2n) is 5.20. The van der Waals surface area contributed by atoms with Crippen LogP contribution in [0.15, 0.2) is 6.20 Å². The van der Waals surface area contributed by atoms with Crippen LogP contribution in [0.4, 0.5) is 0 Å². The van der Waals surface area contributed by atoms with Gasteiger partial charge < -0.3 is 0 Å². The molecule has 0 saturated heterocycles. The summed E-state index contributed by atoms with van der Waals surface area (Å²) in [6, 6.07) is 0. The Balaban J connectivity index is 1.98. The highest BCUT2D eigenvalue weighted by molar-refractivity contribution is 6.08. The van der Waals surface area contributed by atoms with Crippen LogP contribution < -0.4 is 0 Å². The topological polar surface area (TPSA) is 52.0 Å². The molecule has 1 fully saturated rings. The summed E-state index contributed by atoms with van der Waals surface area (Å²) in [6.07, 6.45) is 7.12. The summed E-state index contributed by atoms with van der Waals surface area (Å²) < 4.78 is 1.62. The highest BCUT2D eigenvalue weighted by Crippen LogP contribution is 2.25. The fourth-order valence-electron chi connectivity index (χ4n) is 2.70. The van der Waals surface area contributed by atoms with Crippen molar-refractivity contribution >= 4 is 11.6 Å². The third-order valence-electron chi connectivity index (χ3n) is 3.71. The number of hydrogen-bond donors (Lipinski definition) is 0. The van der Waals surface area contributed by atoms with Crippen molar-refractivity contribution in [3.8, 4) is 0 Å². The van der Waals surface area contributed by atoms with Crippen LogP contribution in [0.2, 0.25) is 0 Å². The van der Waals surface area contributed by atoms with Crippen LogP contribution >= 0.6 is 0 Å². The maximum absolute atomic E-state index is 12.1. The monoisotopic (exact) mass is 248 g/mol. The van der Waals surface area contributed by atoms with Crippen LogP contribution in [0.1, 0.15) is 54.6 Å². The van der Waals surface area contributed by atoms with Crippen LogP contribution in [-0.2, 0) is 11.8 Å². The van der Waals surface area contributed by atoms with Crippen LogP contribution in [0.5, 0.6) is 0 Å². The van der Waals surface area contributed by atoms with E-state index in [1.165, 1.54) is 6.42 Å². The van der Waals surface area contributed by atoms with E-state index in [2.05, 4.69) is 5.10 Å². The maximum Gasteiger partial charge on any atom is 0.173 e. The summed E-state index contributed by atoms with van der Waals surface area (Å²) in [5.41, 5.74) is 1.29. The van der Waals surface area contributed by atoms with Gasteiger partial charge in [-0.3, -0.25) is 14.3 Å². The number of carbonyl (C=O) groups excluding carboxylic acids is 2. The molecule has 0 atom stereocenters. The molecule has 0 aliphatic heterocycles. The molecule has 0 unspecified atom stereocenters. The molecule has 2 rings (SSSR count). The van der Waals surface area contributed by atoms with Gasteiger partial charge in [0.15, 0.2) is 5.78 Å². The van der Waals surface area contributed by atoms with E-state index >= 15 is 0 Å². The molecule has 0 N–H and O–H groups in total. The normalized spacial score (nSPS) is 16.8. The van der Waals surface area contributed by atoms with Crippen LogP contribution in [0.25, 0.3) is 0 Å². The van der Waals surface area contributed by atoms with Crippen molar-refractivity contribution in [1.29, 1.82) is 0 Å². The van der Waals surface area contributed by atoms with Crippen molar-refractivity contribution in [2.45, 2.75) is 45.4 Å². The zero-order valence-corrected chi connectivity index (χ0v) is 11.1. The summed E-state index contributed by atoms with van der Waals surface area (Å²) in [5, 5.41) is 4.14. The minimum absolute atomic E-state index is 0.0389. The summed E-state index contributed by atoms with van der Waals surface area (Å²) in [4.78, 5) is 24.1. The van der Waals surface area contributed by atoms with Gasteiger partial charge in [-0.15, -0.1) is 0 Å². The van der Waals surface area contributed by atoms with E-state index in [0.29, 0.717) is 11.3 Å². The lowest BCUT2D eigenvalue weighted by Crippen LogP contribution is -2.20. The molecular formula is C14H20N2O2.